The first-order valence-electron chi connectivity index (χ1n) is 12.6. The summed E-state index contributed by atoms with van der Waals surface area (Å²) in [4.78, 5) is 22.8. The fourth-order valence-electron chi connectivity index (χ4n) is 2.84. The Labute approximate surface area is 239 Å². The van der Waals surface area contributed by atoms with Crippen LogP contribution in [0.15, 0.2) is 0 Å². The Morgan fingerprint density at radius 2 is 1.53 bits per heavy atom. The van der Waals surface area contributed by atoms with Gasteiger partial charge in [-0.3, -0.25) is 4.79 Å². The first-order chi connectivity index (χ1) is 14.9. The molecule has 0 aliphatic rings. The van der Waals surface area contributed by atoms with Gasteiger partial charge in [-0.05, 0) is 71.0 Å². The topological polar surface area (TPSA) is 64.6 Å². The predicted octanol–water partition coefficient (Wildman–Crippen LogP) is 6.78. The molecule has 34 heavy (non-hydrogen) atoms. The number of hydrogen-bond donors (Lipinski definition) is 1. The van der Waals surface area contributed by atoms with Crippen LogP contribution in [0.4, 0.5) is 0 Å². The molecule has 9 heteroatoms. The number of rotatable bonds is 16. The molecule has 0 radical (unpaired) electrons. The van der Waals surface area contributed by atoms with Gasteiger partial charge in [0.25, 0.3) is 0 Å². The van der Waals surface area contributed by atoms with E-state index >= 15 is 0 Å². The molecule has 0 unspecified atom stereocenters. The Morgan fingerprint density at radius 3 is 1.97 bits per heavy atom. The summed E-state index contributed by atoms with van der Waals surface area (Å²) in [6, 6.07) is 0.935. The number of carbonyl (C=O) groups excluding carboxylic acids is 2. The normalized spacial score (nSPS) is 12.2. The maximum absolute atomic E-state index is 11.5. The van der Waals surface area contributed by atoms with E-state index in [1.54, 1.807) is 0 Å². The van der Waals surface area contributed by atoms with Gasteiger partial charge in [-0.2, -0.15) is 12.5 Å². The van der Waals surface area contributed by atoms with Gasteiger partial charge >= 0.3 is 31.1 Å². The summed E-state index contributed by atoms with van der Waals surface area (Å²) in [7, 11) is -4.54. The molecule has 0 aliphatic heterocycles. The molecular weight excluding hydrogens is 701 g/mol. The molecule has 0 rings (SSSR count). The van der Waals surface area contributed by atoms with Gasteiger partial charge in [-0.15, -0.1) is 6.42 Å². The van der Waals surface area contributed by atoms with Gasteiger partial charge in [0.05, 0.1) is 6.23 Å². The molecule has 0 heterocycles. The molecule has 0 aromatic carbocycles. The van der Waals surface area contributed by atoms with Gasteiger partial charge < -0.3 is 32.0 Å². The van der Waals surface area contributed by atoms with Crippen molar-refractivity contribution in [2.75, 3.05) is 12.8 Å². The second-order valence-corrected chi connectivity index (χ2v) is 25.0. The van der Waals surface area contributed by atoms with E-state index in [2.05, 4.69) is 71.9 Å². The van der Waals surface area contributed by atoms with Gasteiger partial charge in [0.1, 0.15) is 5.78 Å². The summed E-state index contributed by atoms with van der Waals surface area (Å²) in [6.45, 7) is 28.6. The maximum Gasteiger partial charge on any atom is 2.00 e. The van der Waals surface area contributed by atoms with E-state index in [4.69, 9.17) is 8.54 Å². The molecule has 0 aliphatic carbocycles. The molecule has 0 fully saturated rings. The van der Waals surface area contributed by atoms with Crippen molar-refractivity contribution in [3.63, 3.8) is 0 Å². The van der Waals surface area contributed by atoms with Gasteiger partial charge in [-0.1, -0.05) is 27.7 Å². The Kier molecular flexibility index (Phi) is 22.9. The van der Waals surface area contributed by atoms with E-state index in [0.29, 0.717) is 25.2 Å². The zero-order chi connectivity index (χ0) is 26.3. The van der Waals surface area contributed by atoms with E-state index in [1.165, 1.54) is 0 Å². The van der Waals surface area contributed by atoms with Crippen molar-refractivity contribution in [1.82, 2.24) is 5.32 Å². The molecule has 200 valence electrons. The number of Topliss-reactive ketones (excluding diaryl/α,β-unsaturated/α-hetero) is 1. The summed E-state index contributed by atoms with van der Waals surface area (Å²) in [5, 5.41) is 2.91. The van der Waals surface area contributed by atoms with E-state index in [-0.39, 0.29) is 48.7 Å². The van der Waals surface area contributed by atoms with Crippen molar-refractivity contribution in [2.45, 2.75) is 112 Å². The van der Waals surface area contributed by atoms with Crippen LogP contribution in [0.3, 0.4) is 0 Å². The van der Waals surface area contributed by atoms with Crippen LogP contribution in [0.5, 0.6) is 0 Å². The maximum atomic E-state index is 11.5. The number of hydrogen-bond acceptors (Lipinski definition) is 4. The number of unbranched alkanes of at least 4 members (excludes halogenated alkanes) is 1. The first kappa shape index (κ1) is 39.3. The molecule has 1 N–H and O–H groups in total. The Morgan fingerprint density at radius 1 is 0.971 bits per heavy atom. The quantitative estimate of drug-likeness (QED) is 0.107. The number of nitrogens with one attached hydrogen (secondary N) is 1. The molecule has 0 bridgehead atoms. The summed E-state index contributed by atoms with van der Waals surface area (Å²) in [5.74, 6) is 1.11. The SMILES string of the molecule is CC(C)CCCNC(=O)CC[CH-]CC(=O)C(C)C.[CH2-]C[Si](C)(C)OC[Si](C)(C)O[Si](C)(C)C.[U+2]. The minimum Gasteiger partial charge on any atom is -0.454 e. The smallest absolute Gasteiger partial charge is 0.454 e. The van der Waals surface area contributed by atoms with Crippen molar-refractivity contribution < 1.29 is 49.2 Å². The summed E-state index contributed by atoms with van der Waals surface area (Å²) >= 11 is 0. The largest absolute Gasteiger partial charge is 2.00 e. The van der Waals surface area contributed by atoms with Crippen LogP contribution in [0.25, 0.3) is 0 Å². The van der Waals surface area contributed by atoms with Crippen LogP contribution in [0.2, 0.25) is 51.9 Å². The molecule has 0 saturated carbocycles. The molecule has 0 saturated heterocycles. The van der Waals surface area contributed by atoms with Crippen LogP contribution in [0, 0.1) is 56.3 Å². The monoisotopic (exact) mass is 755 g/mol. The molecule has 0 atom stereocenters. The molecular formula is C25H55NO4Si3U. The van der Waals surface area contributed by atoms with Crippen LogP contribution < -0.4 is 5.32 Å². The Hall–Kier alpha value is 0.763. The second-order valence-electron chi connectivity index (χ2n) is 11.8. The Bertz CT molecular complexity index is 551. The van der Waals surface area contributed by atoms with E-state index in [9.17, 15) is 9.59 Å². The van der Waals surface area contributed by atoms with Crippen LogP contribution in [-0.4, -0.2) is 49.4 Å². The molecule has 0 spiro atoms. The van der Waals surface area contributed by atoms with E-state index in [1.807, 2.05) is 20.3 Å². The number of carbonyl (C=O) groups is 2. The van der Waals surface area contributed by atoms with Crippen LogP contribution in [0.1, 0.15) is 59.8 Å². The van der Waals surface area contributed by atoms with Crippen molar-refractivity contribution >= 4 is 36.6 Å². The molecule has 0 aromatic rings. The summed E-state index contributed by atoms with van der Waals surface area (Å²) in [5.41, 5.74) is 0. The minimum atomic E-state index is -1.62. The van der Waals surface area contributed by atoms with E-state index in [0.717, 1.165) is 31.7 Å². The van der Waals surface area contributed by atoms with Crippen molar-refractivity contribution in [3.8, 4) is 0 Å². The third-order valence-electron chi connectivity index (χ3n) is 4.84. The fourth-order valence-corrected chi connectivity index (χ4v) is 12.8. The zero-order valence-electron chi connectivity index (χ0n) is 24.2. The average Bonchev–Trinajstić information content (AvgIpc) is 2.65. The van der Waals surface area contributed by atoms with Crippen molar-refractivity contribution in [3.05, 3.63) is 13.3 Å². The fraction of sp³-hybridized carbons (Fsp3) is 0.840. The Balaban J connectivity index is -0.000000558. The molecule has 0 aromatic heterocycles. The summed E-state index contributed by atoms with van der Waals surface area (Å²) < 4.78 is 12.2. The van der Waals surface area contributed by atoms with Crippen LogP contribution >= 0.6 is 0 Å². The standard InChI is InChI=1S/C15H28NO2.C10H27O2Si3.U/c1-12(2)8-7-11-16-15(18)10-6-5-9-14(17)13(3)4;1-9-14(5,6)11-10-15(7,8)12-13(2,3)4;/h5,12-13H,6-11H2,1-4H3,(H,16,18);1,9-10H2,2-8H3;/q2*-1;+2. The van der Waals surface area contributed by atoms with Crippen molar-refractivity contribution in [1.29, 1.82) is 0 Å². The van der Waals surface area contributed by atoms with Gasteiger partial charge in [0.15, 0.2) is 25.0 Å². The van der Waals surface area contributed by atoms with Crippen LogP contribution in [-0.2, 0) is 18.1 Å². The zero-order valence-corrected chi connectivity index (χ0v) is 31.4. The van der Waals surface area contributed by atoms with Crippen molar-refractivity contribution in [2.24, 2.45) is 11.8 Å². The molecule has 5 nitrogen and oxygen atoms in total. The first-order valence-corrected chi connectivity index (χ1v) is 22.3. The number of amides is 1. The minimum absolute atomic E-state index is 0. The number of ketones is 1. The predicted molar refractivity (Wildman–Crippen MR) is 151 cm³/mol. The van der Waals surface area contributed by atoms with Gasteiger partial charge in [-0.25, -0.2) is 0 Å². The molecule has 1 amide bonds. The third kappa shape index (κ3) is 27.4. The van der Waals surface area contributed by atoms with E-state index < -0.39 is 25.0 Å². The summed E-state index contributed by atoms with van der Waals surface area (Å²) in [6.07, 6.45) is 6.59. The average molecular weight is 756 g/mol. The van der Waals surface area contributed by atoms with Gasteiger partial charge in [0, 0.05) is 12.5 Å². The second kappa shape index (κ2) is 19.8. The van der Waals surface area contributed by atoms with Gasteiger partial charge in [0.2, 0.25) is 5.91 Å². The third-order valence-corrected chi connectivity index (χ3v) is 12.8.